The number of hydrogen-bond donors (Lipinski definition) is 0. The fourth-order valence-corrected chi connectivity index (χ4v) is 11.8. The van der Waals surface area contributed by atoms with E-state index < -0.39 is 0 Å². The summed E-state index contributed by atoms with van der Waals surface area (Å²) in [5.74, 6) is -0.631. The lowest BCUT2D eigenvalue weighted by molar-refractivity contribution is 0.626. The van der Waals surface area contributed by atoms with Crippen LogP contribution in [0.5, 0.6) is 0 Å². The Labute approximate surface area is 425 Å². The molecule has 4 heterocycles. The molecule has 7 heteroatoms. The van der Waals surface area contributed by atoms with Gasteiger partial charge in [-0.25, -0.2) is 8.78 Å². The predicted octanol–water partition coefficient (Wildman–Crippen LogP) is 19.9. The number of benzene rings is 12. The minimum atomic E-state index is -0.309. The second-order valence-electron chi connectivity index (χ2n) is 19.9. The largest absolute Gasteiger partial charge is 0.456 e. The first-order valence-electron chi connectivity index (χ1n) is 25.1. The Kier molecular flexibility index (Phi) is 8.87. The van der Waals surface area contributed by atoms with Gasteiger partial charge in [-0.3, -0.25) is 0 Å². The molecule has 1 atom stereocenters. The van der Waals surface area contributed by atoms with Gasteiger partial charge in [0.25, 0.3) is 0 Å². The number of anilines is 3. The van der Waals surface area contributed by atoms with E-state index in [1.165, 1.54) is 17.5 Å². The molecule has 0 saturated carbocycles. The summed E-state index contributed by atoms with van der Waals surface area (Å²) in [6.07, 6.45) is 0.691. The molecule has 0 aliphatic rings. The van der Waals surface area contributed by atoms with E-state index >= 15 is 0 Å². The molecular formula is C68H39F2NO4. The Morgan fingerprint density at radius 2 is 0.680 bits per heavy atom. The number of fused-ring (bicyclic) bond motifs is 15. The summed E-state index contributed by atoms with van der Waals surface area (Å²) in [6.45, 7) is 0. The van der Waals surface area contributed by atoms with Crippen LogP contribution in [0.3, 0.4) is 0 Å². The van der Waals surface area contributed by atoms with Gasteiger partial charge >= 0.3 is 0 Å². The average Bonchev–Trinajstić information content (AvgIpc) is 4.19. The maximum absolute atomic E-state index is 14.4. The van der Waals surface area contributed by atoms with E-state index in [0.29, 0.717) is 12.0 Å². The highest BCUT2D eigenvalue weighted by molar-refractivity contribution is 6.17. The summed E-state index contributed by atoms with van der Waals surface area (Å²) < 4.78 is 55.1. The third-order valence-corrected chi connectivity index (χ3v) is 15.5. The fourth-order valence-electron chi connectivity index (χ4n) is 11.8. The lowest BCUT2D eigenvalue weighted by atomic mass is 9.85. The molecule has 0 spiro atoms. The first-order valence-corrected chi connectivity index (χ1v) is 25.1. The molecule has 5 nitrogen and oxygen atoms in total. The predicted molar refractivity (Wildman–Crippen MR) is 301 cm³/mol. The molecule has 0 aliphatic carbocycles. The maximum atomic E-state index is 14.4. The summed E-state index contributed by atoms with van der Waals surface area (Å²) in [5.41, 5.74) is 12.1. The van der Waals surface area contributed by atoms with E-state index in [-0.39, 0.29) is 17.6 Å². The third-order valence-electron chi connectivity index (χ3n) is 15.5. The van der Waals surface area contributed by atoms with Crippen LogP contribution < -0.4 is 4.90 Å². The van der Waals surface area contributed by atoms with Crippen molar-refractivity contribution in [3.8, 4) is 0 Å². The van der Waals surface area contributed by atoms with Crippen LogP contribution in [0, 0.1) is 11.6 Å². The van der Waals surface area contributed by atoms with Gasteiger partial charge in [-0.1, -0.05) is 91.0 Å². The van der Waals surface area contributed by atoms with Crippen molar-refractivity contribution in [1.29, 1.82) is 0 Å². The van der Waals surface area contributed by atoms with Gasteiger partial charge in [0, 0.05) is 78.2 Å². The van der Waals surface area contributed by atoms with Crippen LogP contribution in [0.4, 0.5) is 25.8 Å². The van der Waals surface area contributed by atoms with Crippen molar-refractivity contribution in [2.45, 2.75) is 12.3 Å². The van der Waals surface area contributed by atoms with Crippen LogP contribution in [0.15, 0.2) is 236 Å². The molecule has 354 valence electrons. The van der Waals surface area contributed by atoms with E-state index in [1.807, 2.05) is 42.5 Å². The Morgan fingerprint density at radius 1 is 0.293 bits per heavy atom. The highest BCUT2D eigenvalue weighted by Crippen LogP contribution is 2.44. The van der Waals surface area contributed by atoms with Gasteiger partial charge in [0.15, 0.2) is 0 Å². The van der Waals surface area contributed by atoms with Crippen molar-refractivity contribution in [3.63, 3.8) is 0 Å². The van der Waals surface area contributed by atoms with Gasteiger partial charge in [-0.05, 0) is 171 Å². The molecule has 16 rings (SSSR count). The molecule has 4 aromatic heterocycles. The van der Waals surface area contributed by atoms with Gasteiger partial charge in [0.05, 0.1) is 0 Å². The van der Waals surface area contributed by atoms with E-state index in [0.717, 1.165) is 143 Å². The van der Waals surface area contributed by atoms with Crippen molar-refractivity contribution >= 4 is 137 Å². The Balaban J connectivity index is 0.749. The molecule has 0 saturated heterocycles. The number of nitrogens with zero attached hydrogens (tertiary/aromatic N) is 1. The van der Waals surface area contributed by atoms with Crippen LogP contribution >= 0.6 is 0 Å². The molecule has 1 unspecified atom stereocenters. The Bertz CT molecular complexity index is 5020. The topological polar surface area (TPSA) is 55.8 Å². The van der Waals surface area contributed by atoms with Crippen LogP contribution in [0.2, 0.25) is 0 Å². The molecule has 0 radical (unpaired) electrons. The Hall–Kier alpha value is -9.72. The van der Waals surface area contributed by atoms with Crippen molar-refractivity contribution in [3.05, 3.63) is 247 Å². The Morgan fingerprint density at radius 3 is 1.24 bits per heavy atom. The molecule has 16 aromatic rings. The minimum Gasteiger partial charge on any atom is -0.456 e. The normalized spacial score (nSPS) is 12.7. The summed E-state index contributed by atoms with van der Waals surface area (Å²) >= 11 is 0. The molecule has 0 amide bonds. The fraction of sp³-hybridized carbons (Fsp3) is 0.0294. The zero-order chi connectivity index (χ0) is 49.5. The molecule has 75 heavy (non-hydrogen) atoms. The number of halogens is 2. The molecule has 0 aliphatic heterocycles. The lowest BCUT2D eigenvalue weighted by Gasteiger charge is -2.25. The smallest absolute Gasteiger partial charge is 0.137 e. The van der Waals surface area contributed by atoms with Crippen LogP contribution in [-0.2, 0) is 6.42 Å². The van der Waals surface area contributed by atoms with Crippen molar-refractivity contribution in [2.75, 3.05) is 4.90 Å². The first kappa shape index (κ1) is 41.9. The van der Waals surface area contributed by atoms with Crippen LogP contribution in [0.25, 0.3) is 120 Å². The quantitative estimate of drug-likeness (QED) is 0.159. The first-order chi connectivity index (χ1) is 36.9. The molecular weight excluding hydrogens is 933 g/mol. The summed E-state index contributed by atoms with van der Waals surface area (Å²) in [7, 11) is 0. The average molecular weight is 972 g/mol. The van der Waals surface area contributed by atoms with Crippen molar-refractivity contribution in [2.24, 2.45) is 0 Å². The summed E-state index contributed by atoms with van der Waals surface area (Å²) in [4.78, 5) is 2.09. The zero-order valence-corrected chi connectivity index (χ0v) is 39.9. The number of rotatable bonds is 7. The van der Waals surface area contributed by atoms with Crippen molar-refractivity contribution < 1.29 is 26.4 Å². The summed E-state index contributed by atoms with van der Waals surface area (Å²) in [5, 5.41) is 14.9. The monoisotopic (exact) mass is 971 g/mol. The van der Waals surface area contributed by atoms with Crippen molar-refractivity contribution in [1.82, 2.24) is 0 Å². The van der Waals surface area contributed by atoms with Gasteiger partial charge in [-0.15, -0.1) is 0 Å². The van der Waals surface area contributed by atoms with Crippen LogP contribution in [-0.4, -0.2) is 0 Å². The van der Waals surface area contributed by atoms with Gasteiger partial charge < -0.3 is 22.6 Å². The lowest BCUT2D eigenvalue weighted by Crippen LogP contribution is -2.09. The number of hydrogen-bond acceptors (Lipinski definition) is 5. The maximum Gasteiger partial charge on any atom is 0.137 e. The molecule has 0 N–H and O–H groups in total. The highest BCUT2D eigenvalue weighted by Gasteiger charge is 2.22. The molecule has 0 bridgehead atoms. The van der Waals surface area contributed by atoms with E-state index in [4.69, 9.17) is 17.7 Å². The number of furan rings is 4. The minimum absolute atomic E-state index is 0.0596. The van der Waals surface area contributed by atoms with Gasteiger partial charge in [0.1, 0.15) is 56.3 Å². The summed E-state index contributed by atoms with van der Waals surface area (Å²) in [6, 6.07) is 72.7. The van der Waals surface area contributed by atoms with Gasteiger partial charge in [0.2, 0.25) is 0 Å². The van der Waals surface area contributed by atoms with E-state index in [1.54, 1.807) is 24.3 Å². The molecule has 0 fully saturated rings. The van der Waals surface area contributed by atoms with E-state index in [9.17, 15) is 8.78 Å². The van der Waals surface area contributed by atoms with Crippen LogP contribution in [0.1, 0.15) is 22.6 Å². The van der Waals surface area contributed by atoms with Gasteiger partial charge in [-0.2, -0.15) is 0 Å². The highest BCUT2D eigenvalue weighted by atomic mass is 19.1. The zero-order valence-electron chi connectivity index (χ0n) is 39.9. The standard InChI is InChI=1S/C68H39F2NO4/c69-47-14-11-39(12-15-47)55(45-13-22-52-56-27-40-5-1-3-7-42(40)30-62(56)72-61(52)32-45)26-38-9-10-44-29-58-60-37-67-59(36-68(60)74-64(58)33-46(44)25-38)54-24-21-51(35-66(54)75-67)71(49-18-16-48(70)17-19-49)50-20-23-53-57-28-41-6-2-4-8-43(41)31-63(57)73-65(53)34-50/h1-25,27-37,55H,26H2. The second kappa shape index (κ2) is 15.9. The molecule has 12 aromatic carbocycles. The third kappa shape index (κ3) is 6.74. The van der Waals surface area contributed by atoms with E-state index in [2.05, 4.69) is 144 Å². The SMILES string of the molecule is Fc1ccc(C(Cc2ccc3cc4c(cc3c2)oc2cc3c(cc24)oc2cc(N(c4ccc(F)cc4)c4ccc5c(c4)oc4cc6ccccc6cc45)ccc23)c2ccc3c(c2)oc2cc4ccccc4cc23)cc1. The second-order valence-corrected chi connectivity index (χ2v) is 19.9.